The lowest BCUT2D eigenvalue weighted by atomic mass is 10.2. The van der Waals surface area contributed by atoms with Crippen LogP contribution in [0.15, 0.2) is 0 Å². The molecule has 17 heavy (non-hydrogen) atoms. The fourth-order valence-corrected chi connectivity index (χ4v) is 6.57. The molecule has 0 bridgehead atoms. The molecule has 0 rings (SSSR count). The third-order valence-electron chi connectivity index (χ3n) is 3.06. The van der Waals surface area contributed by atoms with Crippen LogP contribution in [-0.2, 0) is 4.57 Å². The van der Waals surface area contributed by atoms with Gasteiger partial charge in [-0.05, 0) is 18.3 Å². The van der Waals surface area contributed by atoms with E-state index in [1.54, 1.807) is 0 Å². The Morgan fingerprint density at radius 1 is 0.824 bits per heavy atom. The molecule has 1 nitrogen and oxygen atoms in total. The molecule has 0 aromatic rings. The predicted octanol–water partition coefficient (Wildman–Crippen LogP) is 5.63. The molecule has 0 fully saturated rings. The minimum Gasteiger partial charge on any atom is -0.324 e. The number of rotatable bonds is 10. The second kappa shape index (κ2) is 9.20. The van der Waals surface area contributed by atoms with Gasteiger partial charge >= 0.3 is 0 Å². The summed E-state index contributed by atoms with van der Waals surface area (Å²) in [6.07, 6.45) is 9.30. The highest BCUT2D eigenvalue weighted by Gasteiger charge is 2.23. The molecule has 0 atom stereocenters. The highest BCUT2D eigenvalue weighted by Crippen LogP contribution is 2.49. The molecule has 0 aromatic heterocycles. The average molecular weight is 260 g/mol. The van der Waals surface area contributed by atoms with E-state index in [-0.39, 0.29) is 0 Å². The Labute approximate surface area is 109 Å². The minimum absolute atomic E-state index is 0.579. The zero-order valence-corrected chi connectivity index (χ0v) is 13.6. The normalized spacial score (nSPS) is 12.6. The van der Waals surface area contributed by atoms with Crippen LogP contribution in [0, 0.1) is 11.8 Å². The van der Waals surface area contributed by atoms with Gasteiger partial charge in [0.2, 0.25) is 0 Å². The average Bonchev–Trinajstić information content (AvgIpc) is 2.14. The Morgan fingerprint density at radius 2 is 1.29 bits per heavy atom. The molecule has 0 unspecified atom stereocenters. The van der Waals surface area contributed by atoms with Gasteiger partial charge in [0.25, 0.3) is 0 Å². The Hall–Kier alpha value is 0.230. The third-order valence-corrected chi connectivity index (χ3v) is 6.99. The first-order valence-electron chi connectivity index (χ1n) is 7.46. The summed E-state index contributed by atoms with van der Waals surface area (Å²) < 4.78 is 12.9. The SMILES string of the molecule is CCCCCCCP(=O)(CC(C)C)CC(C)C. The van der Waals surface area contributed by atoms with Gasteiger partial charge in [-0.15, -0.1) is 0 Å². The third kappa shape index (κ3) is 9.89. The van der Waals surface area contributed by atoms with Gasteiger partial charge in [0.05, 0.1) is 7.14 Å². The molecule has 104 valence electrons. The molecule has 0 saturated carbocycles. The summed E-state index contributed by atoms with van der Waals surface area (Å²) in [5.41, 5.74) is 0. The van der Waals surface area contributed by atoms with E-state index in [4.69, 9.17) is 0 Å². The molecular weight excluding hydrogens is 227 g/mol. The van der Waals surface area contributed by atoms with Crippen molar-refractivity contribution in [2.45, 2.75) is 66.7 Å². The summed E-state index contributed by atoms with van der Waals surface area (Å²) in [6, 6.07) is 0. The maximum Gasteiger partial charge on any atom is 0.0882 e. The van der Waals surface area contributed by atoms with Gasteiger partial charge in [-0.2, -0.15) is 0 Å². The smallest absolute Gasteiger partial charge is 0.0882 e. The molecule has 0 aliphatic carbocycles. The van der Waals surface area contributed by atoms with E-state index >= 15 is 0 Å². The van der Waals surface area contributed by atoms with Gasteiger partial charge in [-0.3, -0.25) is 0 Å². The van der Waals surface area contributed by atoms with Crippen molar-refractivity contribution in [2.24, 2.45) is 11.8 Å². The first-order chi connectivity index (χ1) is 7.89. The molecule has 0 radical (unpaired) electrons. The highest BCUT2D eigenvalue weighted by molar-refractivity contribution is 7.63. The summed E-state index contributed by atoms with van der Waals surface area (Å²) >= 11 is 0. The molecule has 0 aromatic carbocycles. The molecule has 0 heterocycles. The van der Waals surface area contributed by atoms with Crippen LogP contribution in [-0.4, -0.2) is 18.5 Å². The standard InChI is InChI=1S/C15H33OP/c1-6-7-8-9-10-11-17(16,12-14(2)3)13-15(4)5/h14-15H,6-13H2,1-5H3. The van der Waals surface area contributed by atoms with Gasteiger partial charge in [0.15, 0.2) is 0 Å². The Balaban J connectivity index is 4.06. The monoisotopic (exact) mass is 260 g/mol. The van der Waals surface area contributed by atoms with E-state index in [9.17, 15) is 4.57 Å². The van der Waals surface area contributed by atoms with Crippen LogP contribution in [0.3, 0.4) is 0 Å². The minimum atomic E-state index is -1.88. The topological polar surface area (TPSA) is 17.1 Å². The van der Waals surface area contributed by atoms with Crippen LogP contribution < -0.4 is 0 Å². The van der Waals surface area contributed by atoms with E-state index in [2.05, 4.69) is 34.6 Å². The van der Waals surface area contributed by atoms with Crippen LogP contribution in [0.2, 0.25) is 0 Å². The molecular formula is C15H33OP. The maximum atomic E-state index is 12.9. The Kier molecular flexibility index (Phi) is 9.32. The summed E-state index contributed by atoms with van der Waals surface area (Å²) in [6.45, 7) is 11.0. The highest BCUT2D eigenvalue weighted by atomic mass is 31.2. The van der Waals surface area contributed by atoms with Crippen LogP contribution >= 0.6 is 7.14 Å². The fraction of sp³-hybridized carbons (Fsp3) is 1.00. The van der Waals surface area contributed by atoms with Gasteiger partial charge in [0.1, 0.15) is 0 Å². The quantitative estimate of drug-likeness (QED) is 0.367. The first-order valence-corrected chi connectivity index (χ1v) is 9.73. The molecule has 0 aliphatic rings. The largest absolute Gasteiger partial charge is 0.324 e. The summed E-state index contributed by atoms with van der Waals surface area (Å²) in [5.74, 6) is 1.16. The molecule has 0 amide bonds. The van der Waals surface area contributed by atoms with Gasteiger partial charge < -0.3 is 4.57 Å². The lowest BCUT2D eigenvalue weighted by Gasteiger charge is -2.22. The van der Waals surface area contributed by atoms with Gasteiger partial charge in [0, 0.05) is 18.5 Å². The molecule has 2 heteroatoms. The van der Waals surface area contributed by atoms with E-state index < -0.39 is 7.14 Å². The molecule has 0 spiro atoms. The lowest BCUT2D eigenvalue weighted by molar-refractivity contribution is 0.550. The van der Waals surface area contributed by atoms with Crippen LogP contribution in [0.25, 0.3) is 0 Å². The van der Waals surface area contributed by atoms with E-state index in [0.717, 1.165) is 18.5 Å². The van der Waals surface area contributed by atoms with Gasteiger partial charge in [-0.25, -0.2) is 0 Å². The van der Waals surface area contributed by atoms with Gasteiger partial charge in [-0.1, -0.05) is 60.3 Å². The van der Waals surface area contributed by atoms with Crippen molar-refractivity contribution in [1.29, 1.82) is 0 Å². The van der Waals surface area contributed by atoms with Crippen molar-refractivity contribution in [3.63, 3.8) is 0 Å². The first kappa shape index (κ1) is 17.2. The Bertz CT molecular complexity index is 207. The summed E-state index contributed by atoms with van der Waals surface area (Å²) in [7, 11) is -1.88. The number of hydrogen-bond acceptors (Lipinski definition) is 1. The van der Waals surface area contributed by atoms with E-state index in [0.29, 0.717) is 11.8 Å². The predicted molar refractivity (Wildman–Crippen MR) is 80.6 cm³/mol. The molecule has 0 saturated heterocycles. The maximum absolute atomic E-state index is 12.9. The Morgan fingerprint density at radius 3 is 1.71 bits per heavy atom. The second-order valence-electron chi connectivity index (χ2n) is 6.35. The van der Waals surface area contributed by atoms with E-state index in [1.165, 1.54) is 32.1 Å². The zero-order valence-electron chi connectivity index (χ0n) is 12.7. The van der Waals surface area contributed by atoms with Crippen molar-refractivity contribution in [3.8, 4) is 0 Å². The lowest BCUT2D eigenvalue weighted by Crippen LogP contribution is -2.09. The van der Waals surface area contributed by atoms with Crippen molar-refractivity contribution in [1.82, 2.24) is 0 Å². The van der Waals surface area contributed by atoms with Crippen molar-refractivity contribution < 1.29 is 4.57 Å². The van der Waals surface area contributed by atoms with E-state index in [1.807, 2.05) is 0 Å². The van der Waals surface area contributed by atoms with Crippen LogP contribution in [0.5, 0.6) is 0 Å². The summed E-state index contributed by atoms with van der Waals surface area (Å²) in [4.78, 5) is 0. The molecule has 0 aliphatic heterocycles. The zero-order chi connectivity index (χ0) is 13.3. The van der Waals surface area contributed by atoms with Crippen molar-refractivity contribution in [3.05, 3.63) is 0 Å². The number of unbranched alkanes of at least 4 members (excludes halogenated alkanes) is 4. The fourth-order valence-electron chi connectivity index (χ4n) is 2.59. The second-order valence-corrected chi connectivity index (χ2v) is 9.64. The molecule has 0 N–H and O–H groups in total. The number of hydrogen-bond donors (Lipinski definition) is 0. The van der Waals surface area contributed by atoms with Crippen molar-refractivity contribution >= 4 is 7.14 Å². The van der Waals surface area contributed by atoms with Crippen LogP contribution in [0.1, 0.15) is 66.7 Å². The summed E-state index contributed by atoms with van der Waals surface area (Å²) in [5, 5.41) is 0. The van der Waals surface area contributed by atoms with Crippen molar-refractivity contribution in [2.75, 3.05) is 18.5 Å². The van der Waals surface area contributed by atoms with Crippen LogP contribution in [0.4, 0.5) is 0 Å².